The molecule has 1 aromatic rings. The zero-order valence-electron chi connectivity index (χ0n) is 8.87. The summed E-state index contributed by atoms with van der Waals surface area (Å²) in [5.74, 6) is 0. The van der Waals surface area contributed by atoms with E-state index in [9.17, 15) is 0 Å². The second-order valence-corrected chi connectivity index (χ2v) is 3.73. The Kier molecular flexibility index (Phi) is 3.74. The van der Waals surface area contributed by atoms with Gasteiger partial charge in [0.25, 0.3) is 0 Å². The molecule has 0 fully saturated rings. The van der Waals surface area contributed by atoms with Crippen molar-refractivity contribution in [3.8, 4) is 0 Å². The molecule has 3 heteroatoms. The lowest BCUT2D eigenvalue weighted by molar-refractivity contribution is 0.683. The maximum Gasteiger partial charge on any atom is 0.0371 e. The van der Waals surface area contributed by atoms with E-state index in [0.29, 0.717) is 0 Å². The summed E-state index contributed by atoms with van der Waals surface area (Å²) in [7, 11) is 0. The molecular weight excluding hydrogens is 186 g/mol. The van der Waals surface area contributed by atoms with Gasteiger partial charge in [0.1, 0.15) is 0 Å². The number of hydrogen-bond acceptors (Lipinski definition) is 3. The zero-order valence-corrected chi connectivity index (χ0v) is 8.87. The molecule has 80 valence electrons. The Labute approximate surface area is 90.6 Å². The summed E-state index contributed by atoms with van der Waals surface area (Å²) < 4.78 is 0. The molecule has 0 radical (unpaired) electrons. The van der Waals surface area contributed by atoms with E-state index >= 15 is 0 Å². The van der Waals surface area contributed by atoms with Gasteiger partial charge in [0, 0.05) is 31.2 Å². The fourth-order valence-corrected chi connectivity index (χ4v) is 1.73. The molecule has 1 aliphatic rings. The van der Waals surface area contributed by atoms with Crippen LogP contribution in [0.1, 0.15) is 12.8 Å². The largest absolute Gasteiger partial charge is 0.385 e. The van der Waals surface area contributed by atoms with Gasteiger partial charge in [0.2, 0.25) is 0 Å². The molecule has 2 rings (SSSR count). The minimum Gasteiger partial charge on any atom is -0.385 e. The maximum atomic E-state index is 3.98. The van der Waals surface area contributed by atoms with E-state index in [1.165, 1.54) is 6.42 Å². The van der Waals surface area contributed by atoms with E-state index in [1.807, 2.05) is 24.5 Å². The molecule has 0 aromatic carbocycles. The van der Waals surface area contributed by atoms with Crippen LogP contribution < -0.4 is 10.6 Å². The Balaban J connectivity index is 1.73. The zero-order chi connectivity index (χ0) is 10.3. The van der Waals surface area contributed by atoms with E-state index in [2.05, 4.69) is 21.7 Å². The van der Waals surface area contributed by atoms with Gasteiger partial charge in [-0.05, 0) is 31.5 Å². The molecule has 0 spiro atoms. The Morgan fingerprint density at radius 2 is 2.20 bits per heavy atom. The average Bonchev–Trinajstić information content (AvgIpc) is 2.32. The first-order valence-electron chi connectivity index (χ1n) is 5.48. The summed E-state index contributed by atoms with van der Waals surface area (Å²) in [6.45, 7) is 3.17. The predicted octanol–water partition coefficient (Wildman–Crippen LogP) is 1.80. The van der Waals surface area contributed by atoms with Crippen molar-refractivity contribution < 1.29 is 0 Å². The molecule has 15 heavy (non-hydrogen) atoms. The van der Waals surface area contributed by atoms with Crippen LogP contribution in [-0.4, -0.2) is 24.6 Å². The summed E-state index contributed by atoms with van der Waals surface area (Å²) >= 11 is 0. The first kappa shape index (κ1) is 10.2. The molecule has 0 atom stereocenters. The summed E-state index contributed by atoms with van der Waals surface area (Å²) in [6.07, 6.45) is 8.26. The molecule has 1 aromatic heterocycles. The third kappa shape index (κ3) is 3.36. The van der Waals surface area contributed by atoms with Crippen molar-refractivity contribution in [2.75, 3.05) is 25.0 Å². The highest BCUT2D eigenvalue weighted by atomic mass is 14.9. The number of anilines is 1. The van der Waals surface area contributed by atoms with Crippen LogP contribution in [-0.2, 0) is 0 Å². The van der Waals surface area contributed by atoms with Crippen LogP contribution in [0.3, 0.4) is 0 Å². The van der Waals surface area contributed by atoms with Crippen LogP contribution in [0.5, 0.6) is 0 Å². The maximum absolute atomic E-state index is 3.98. The average molecular weight is 203 g/mol. The van der Waals surface area contributed by atoms with E-state index < -0.39 is 0 Å². The Hall–Kier alpha value is -1.35. The number of nitrogens with one attached hydrogen (secondary N) is 2. The minimum absolute atomic E-state index is 1.01. The van der Waals surface area contributed by atoms with E-state index in [1.54, 1.807) is 5.57 Å². The van der Waals surface area contributed by atoms with Crippen molar-refractivity contribution in [1.29, 1.82) is 0 Å². The summed E-state index contributed by atoms with van der Waals surface area (Å²) in [4.78, 5) is 3.98. The van der Waals surface area contributed by atoms with Crippen molar-refractivity contribution >= 4 is 5.69 Å². The fourth-order valence-electron chi connectivity index (χ4n) is 1.73. The highest BCUT2D eigenvalue weighted by molar-refractivity contribution is 5.40. The topological polar surface area (TPSA) is 37.0 Å². The summed E-state index contributed by atoms with van der Waals surface area (Å²) in [5.41, 5.74) is 2.72. The number of hydrogen-bond donors (Lipinski definition) is 2. The third-order valence-electron chi connectivity index (χ3n) is 2.61. The van der Waals surface area contributed by atoms with Gasteiger partial charge in [0.15, 0.2) is 0 Å². The molecule has 3 nitrogen and oxygen atoms in total. The highest BCUT2D eigenvalue weighted by Crippen LogP contribution is 2.10. The first-order valence-corrected chi connectivity index (χ1v) is 5.48. The van der Waals surface area contributed by atoms with Crippen LogP contribution in [0.25, 0.3) is 0 Å². The third-order valence-corrected chi connectivity index (χ3v) is 2.61. The SMILES string of the molecule is C1=C(CCNc2ccncc2)CCNC1. The minimum atomic E-state index is 1.01. The van der Waals surface area contributed by atoms with Gasteiger partial charge >= 0.3 is 0 Å². The van der Waals surface area contributed by atoms with E-state index in [0.717, 1.165) is 31.7 Å². The normalized spacial score (nSPS) is 15.9. The Morgan fingerprint density at radius 1 is 1.33 bits per heavy atom. The second-order valence-electron chi connectivity index (χ2n) is 3.73. The lowest BCUT2D eigenvalue weighted by Gasteiger charge is -2.14. The molecule has 0 saturated carbocycles. The molecular formula is C12H17N3. The molecule has 0 aliphatic carbocycles. The molecule has 0 saturated heterocycles. The van der Waals surface area contributed by atoms with Crippen LogP contribution in [0.2, 0.25) is 0 Å². The lowest BCUT2D eigenvalue weighted by Crippen LogP contribution is -2.21. The van der Waals surface area contributed by atoms with Crippen molar-refractivity contribution in [3.63, 3.8) is 0 Å². The highest BCUT2D eigenvalue weighted by Gasteiger charge is 2.01. The quantitative estimate of drug-likeness (QED) is 0.733. The van der Waals surface area contributed by atoms with Gasteiger partial charge in [-0.15, -0.1) is 0 Å². The van der Waals surface area contributed by atoms with Gasteiger partial charge in [-0.2, -0.15) is 0 Å². The Bertz CT molecular complexity index is 319. The second kappa shape index (κ2) is 5.51. The van der Waals surface area contributed by atoms with Gasteiger partial charge in [-0.25, -0.2) is 0 Å². The molecule has 2 N–H and O–H groups in total. The monoisotopic (exact) mass is 203 g/mol. The van der Waals surface area contributed by atoms with Crippen molar-refractivity contribution in [1.82, 2.24) is 10.3 Å². The molecule has 0 bridgehead atoms. The van der Waals surface area contributed by atoms with Crippen LogP contribution in [0.4, 0.5) is 5.69 Å². The lowest BCUT2D eigenvalue weighted by atomic mass is 10.1. The van der Waals surface area contributed by atoms with E-state index in [-0.39, 0.29) is 0 Å². The van der Waals surface area contributed by atoms with Crippen molar-refractivity contribution in [2.45, 2.75) is 12.8 Å². The summed E-state index contributed by atoms with van der Waals surface area (Å²) in [6, 6.07) is 3.99. The van der Waals surface area contributed by atoms with Crippen LogP contribution >= 0.6 is 0 Å². The van der Waals surface area contributed by atoms with Crippen molar-refractivity contribution in [3.05, 3.63) is 36.2 Å². The standard InChI is InChI=1S/C12H17N3/c1-6-13-7-2-11(1)3-10-15-12-4-8-14-9-5-12/h1,4-5,8-9,13H,2-3,6-7,10H2,(H,14,15). The van der Waals surface area contributed by atoms with Gasteiger partial charge in [0.05, 0.1) is 0 Å². The molecule has 0 amide bonds. The first-order chi connectivity index (χ1) is 7.45. The molecule has 0 unspecified atom stereocenters. The van der Waals surface area contributed by atoms with Crippen molar-refractivity contribution in [2.24, 2.45) is 0 Å². The fraction of sp³-hybridized carbons (Fsp3) is 0.417. The number of rotatable bonds is 4. The predicted molar refractivity (Wildman–Crippen MR) is 62.9 cm³/mol. The Morgan fingerprint density at radius 3 is 2.93 bits per heavy atom. The van der Waals surface area contributed by atoms with E-state index in [4.69, 9.17) is 0 Å². The number of aromatic nitrogens is 1. The van der Waals surface area contributed by atoms with Crippen LogP contribution in [0, 0.1) is 0 Å². The smallest absolute Gasteiger partial charge is 0.0371 e. The number of pyridine rings is 1. The van der Waals surface area contributed by atoms with Crippen LogP contribution in [0.15, 0.2) is 36.2 Å². The number of nitrogens with zero attached hydrogens (tertiary/aromatic N) is 1. The molecule has 2 heterocycles. The van der Waals surface area contributed by atoms with Gasteiger partial charge in [-0.1, -0.05) is 11.6 Å². The van der Waals surface area contributed by atoms with Gasteiger partial charge < -0.3 is 10.6 Å². The molecule has 1 aliphatic heterocycles. The van der Waals surface area contributed by atoms with Gasteiger partial charge in [-0.3, -0.25) is 4.98 Å². The summed E-state index contributed by atoms with van der Waals surface area (Å²) in [5, 5.41) is 6.71.